The van der Waals surface area contributed by atoms with Gasteiger partial charge in [0.1, 0.15) is 18.2 Å². The molecular formula is C27H36N4O8. The Morgan fingerprint density at radius 3 is 2.46 bits per heavy atom. The molecule has 2 heterocycles. The number of amides is 2. The third kappa shape index (κ3) is 8.20. The number of hydrogen-bond donors (Lipinski definition) is 1. The smallest absolute Gasteiger partial charge is 0.410 e. The first-order valence-electron chi connectivity index (χ1n) is 12.8. The highest BCUT2D eigenvalue weighted by Crippen LogP contribution is 2.25. The van der Waals surface area contributed by atoms with Gasteiger partial charge in [-0.1, -0.05) is 30.3 Å². The summed E-state index contributed by atoms with van der Waals surface area (Å²) in [5.41, 5.74) is 1.54. The van der Waals surface area contributed by atoms with Crippen LogP contribution in [0.5, 0.6) is 0 Å². The highest BCUT2D eigenvalue weighted by atomic mass is 16.6. The second-order valence-corrected chi connectivity index (χ2v) is 9.94. The Bertz CT molecular complexity index is 1170. The van der Waals surface area contributed by atoms with Crippen LogP contribution in [0.1, 0.15) is 61.4 Å². The number of hydrogen-bond acceptors (Lipinski definition) is 9. The topological polar surface area (TPSA) is 138 Å². The van der Waals surface area contributed by atoms with Gasteiger partial charge in [0.25, 0.3) is 0 Å². The van der Waals surface area contributed by atoms with Gasteiger partial charge in [-0.3, -0.25) is 4.68 Å². The molecule has 2 amide bonds. The number of methoxy groups -OCH3 is 1. The van der Waals surface area contributed by atoms with E-state index in [1.165, 1.54) is 16.7 Å². The fourth-order valence-corrected chi connectivity index (χ4v) is 4.05. The van der Waals surface area contributed by atoms with Crippen LogP contribution in [-0.2, 0) is 49.9 Å². The molecule has 0 fully saturated rings. The number of fused-ring (bicyclic) bond motifs is 1. The highest BCUT2D eigenvalue weighted by molar-refractivity contribution is 5.90. The third-order valence-electron chi connectivity index (χ3n) is 5.84. The second-order valence-electron chi connectivity index (χ2n) is 9.94. The summed E-state index contributed by atoms with van der Waals surface area (Å²) in [4.78, 5) is 51.9. The van der Waals surface area contributed by atoms with Crippen LogP contribution >= 0.6 is 0 Å². The van der Waals surface area contributed by atoms with E-state index in [-0.39, 0.29) is 38.4 Å². The van der Waals surface area contributed by atoms with Crippen molar-refractivity contribution in [1.82, 2.24) is 20.0 Å². The molecule has 12 heteroatoms. The molecule has 1 N–H and O–H groups in total. The van der Waals surface area contributed by atoms with E-state index in [2.05, 4.69) is 10.4 Å². The molecule has 3 rings (SSSR count). The molecule has 1 aromatic carbocycles. The molecule has 212 valence electrons. The number of alkyl carbamates (subject to hydrolysis) is 1. The zero-order chi connectivity index (χ0) is 28.6. The van der Waals surface area contributed by atoms with Gasteiger partial charge in [-0.15, -0.1) is 0 Å². The Morgan fingerprint density at radius 1 is 1.10 bits per heavy atom. The number of ether oxygens (including phenoxy) is 4. The minimum Gasteiger partial charge on any atom is -0.467 e. The highest BCUT2D eigenvalue weighted by Gasteiger charge is 2.33. The first-order chi connectivity index (χ1) is 18.5. The van der Waals surface area contributed by atoms with E-state index in [0.29, 0.717) is 24.2 Å². The van der Waals surface area contributed by atoms with E-state index in [1.54, 1.807) is 27.7 Å². The molecule has 0 saturated heterocycles. The van der Waals surface area contributed by atoms with Gasteiger partial charge in [-0.05, 0) is 39.7 Å². The molecule has 2 aromatic rings. The van der Waals surface area contributed by atoms with Crippen LogP contribution in [0, 0.1) is 0 Å². The fraction of sp³-hybridized carbons (Fsp3) is 0.519. The van der Waals surface area contributed by atoms with Crippen LogP contribution in [0.2, 0.25) is 0 Å². The minimum atomic E-state index is -1.05. The van der Waals surface area contributed by atoms with E-state index < -0.39 is 35.8 Å². The first-order valence-corrected chi connectivity index (χ1v) is 12.8. The Balaban J connectivity index is 1.74. The zero-order valence-corrected chi connectivity index (χ0v) is 23.0. The number of aromatic nitrogens is 2. The van der Waals surface area contributed by atoms with Crippen molar-refractivity contribution in [2.24, 2.45) is 0 Å². The maximum atomic E-state index is 12.9. The number of aryl methyl sites for hydroxylation is 1. The van der Waals surface area contributed by atoms with E-state index in [9.17, 15) is 19.2 Å². The molecular weight excluding hydrogens is 508 g/mol. The summed E-state index contributed by atoms with van der Waals surface area (Å²) in [6, 6.07) is 8.07. The molecule has 0 aliphatic carbocycles. The van der Waals surface area contributed by atoms with Crippen molar-refractivity contribution in [2.75, 3.05) is 20.3 Å². The van der Waals surface area contributed by atoms with Gasteiger partial charge in [0, 0.05) is 25.1 Å². The molecule has 39 heavy (non-hydrogen) atoms. The monoisotopic (exact) mass is 544 g/mol. The predicted octanol–water partition coefficient (Wildman–Crippen LogP) is 3.21. The van der Waals surface area contributed by atoms with Crippen molar-refractivity contribution in [3.63, 3.8) is 0 Å². The molecule has 0 bridgehead atoms. The van der Waals surface area contributed by atoms with Gasteiger partial charge < -0.3 is 29.2 Å². The lowest BCUT2D eigenvalue weighted by atomic mass is 10.1. The number of nitrogens with one attached hydrogen (secondary N) is 1. The average Bonchev–Trinajstić information content (AvgIpc) is 3.26. The van der Waals surface area contributed by atoms with Crippen LogP contribution in [0.25, 0.3) is 0 Å². The number of benzene rings is 1. The maximum absolute atomic E-state index is 12.9. The van der Waals surface area contributed by atoms with E-state index in [4.69, 9.17) is 18.9 Å². The standard InChI is InChI=1S/C27H36N4O8/c1-6-37-24(33)22-19-16-30(26(35)39-27(2,3)4)14-12-20(19)29-31(22)15-13-21(23(32)36-5)28-25(34)38-17-18-10-8-7-9-11-18/h7-11,21H,6,12-17H2,1-5H3,(H,28,34). The van der Waals surface area contributed by atoms with Gasteiger partial charge >= 0.3 is 24.1 Å². The van der Waals surface area contributed by atoms with E-state index in [0.717, 1.165) is 5.56 Å². The maximum Gasteiger partial charge on any atom is 0.410 e. The largest absolute Gasteiger partial charge is 0.467 e. The van der Waals surface area contributed by atoms with Gasteiger partial charge in [-0.25, -0.2) is 19.2 Å². The molecule has 0 saturated carbocycles. The van der Waals surface area contributed by atoms with E-state index >= 15 is 0 Å². The summed E-state index contributed by atoms with van der Waals surface area (Å²) in [7, 11) is 1.22. The molecule has 1 atom stereocenters. The average molecular weight is 545 g/mol. The number of carbonyl (C=O) groups is 4. The van der Waals surface area contributed by atoms with Crippen molar-refractivity contribution in [1.29, 1.82) is 0 Å². The van der Waals surface area contributed by atoms with Crippen molar-refractivity contribution >= 4 is 24.1 Å². The van der Waals surface area contributed by atoms with Crippen LogP contribution in [-0.4, -0.2) is 70.7 Å². The van der Waals surface area contributed by atoms with Gasteiger partial charge in [0.15, 0.2) is 5.69 Å². The quantitative estimate of drug-likeness (QED) is 0.372. The van der Waals surface area contributed by atoms with Gasteiger partial charge in [-0.2, -0.15) is 5.10 Å². The number of rotatable bonds is 9. The summed E-state index contributed by atoms with van der Waals surface area (Å²) >= 11 is 0. The van der Waals surface area contributed by atoms with Crippen molar-refractivity contribution < 1.29 is 38.1 Å². The van der Waals surface area contributed by atoms with Gasteiger partial charge in [0.05, 0.1) is 26.0 Å². The Kier molecular flexibility index (Phi) is 9.91. The molecule has 1 aromatic heterocycles. The molecule has 1 aliphatic rings. The predicted molar refractivity (Wildman–Crippen MR) is 139 cm³/mol. The van der Waals surface area contributed by atoms with Crippen molar-refractivity contribution in [3.8, 4) is 0 Å². The number of carbonyl (C=O) groups excluding carboxylic acids is 4. The Hall–Kier alpha value is -4.09. The third-order valence-corrected chi connectivity index (χ3v) is 5.84. The first kappa shape index (κ1) is 29.5. The summed E-state index contributed by atoms with van der Waals surface area (Å²) in [5.74, 6) is -1.26. The van der Waals surface area contributed by atoms with Gasteiger partial charge in [0.2, 0.25) is 0 Å². The zero-order valence-electron chi connectivity index (χ0n) is 23.0. The molecule has 0 radical (unpaired) electrons. The lowest BCUT2D eigenvalue weighted by Gasteiger charge is -2.29. The van der Waals surface area contributed by atoms with Crippen molar-refractivity contribution in [3.05, 3.63) is 52.8 Å². The minimum absolute atomic E-state index is 0.0353. The van der Waals surface area contributed by atoms with E-state index in [1.807, 2.05) is 30.3 Å². The number of nitrogens with zero attached hydrogens (tertiary/aromatic N) is 3. The second kappa shape index (κ2) is 13.1. The SMILES string of the molecule is CCOC(=O)c1c2c(nn1CCC(NC(=O)OCc1ccccc1)C(=O)OC)CCN(C(=O)OC(C)(C)C)C2. The normalized spacial score (nSPS) is 13.6. The molecule has 1 aliphatic heterocycles. The van der Waals surface area contributed by atoms with Crippen LogP contribution in [0.15, 0.2) is 30.3 Å². The van der Waals surface area contributed by atoms with Crippen LogP contribution < -0.4 is 5.32 Å². The van der Waals surface area contributed by atoms with Crippen molar-refractivity contribution in [2.45, 2.75) is 71.9 Å². The Labute approximate surface area is 227 Å². The summed E-state index contributed by atoms with van der Waals surface area (Å²) in [5, 5.41) is 7.10. The molecule has 0 spiro atoms. The summed E-state index contributed by atoms with van der Waals surface area (Å²) in [6.45, 7) is 7.82. The van der Waals surface area contributed by atoms with Crippen LogP contribution in [0.3, 0.4) is 0 Å². The molecule has 12 nitrogen and oxygen atoms in total. The number of esters is 2. The lowest BCUT2D eigenvalue weighted by molar-refractivity contribution is -0.143. The fourth-order valence-electron chi connectivity index (χ4n) is 4.05. The molecule has 1 unspecified atom stereocenters. The Morgan fingerprint density at radius 2 is 1.82 bits per heavy atom. The van der Waals surface area contributed by atoms with Crippen LogP contribution in [0.4, 0.5) is 9.59 Å². The summed E-state index contributed by atoms with van der Waals surface area (Å²) in [6.07, 6.45) is -0.791. The lowest BCUT2D eigenvalue weighted by Crippen LogP contribution is -2.42. The summed E-state index contributed by atoms with van der Waals surface area (Å²) < 4.78 is 22.3.